The van der Waals surface area contributed by atoms with Crippen LogP contribution in [0.1, 0.15) is 5.69 Å². The first-order valence-corrected chi connectivity index (χ1v) is 7.59. The van der Waals surface area contributed by atoms with Gasteiger partial charge in [0.2, 0.25) is 0 Å². The number of halogens is 1. The second-order valence-electron chi connectivity index (χ2n) is 4.37. The average Bonchev–Trinajstić information content (AvgIpc) is 3.00. The molecule has 2 aromatic heterocycles. The number of nitrogens with zero attached hydrogens (tertiary/aromatic N) is 4. The molecule has 1 aromatic carbocycles. The van der Waals surface area contributed by atoms with E-state index in [-0.39, 0.29) is 12.4 Å². The number of aromatic nitrogens is 3. The minimum Gasteiger partial charge on any atom is -0.265 e. The minimum atomic E-state index is 0. The molecule has 6 heteroatoms. The molecule has 0 aliphatic carbocycles. The molecule has 0 N–H and O–H groups in total. The highest BCUT2D eigenvalue weighted by molar-refractivity contribution is 7.98. The zero-order valence-corrected chi connectivity index (χ0v) is 13.4. The van der Waals surface area contributed by atoms with Gasteiger partial charge in [-0.2, -0.15) is 10.4 Å². The SMILES string of the molecule is CSc1ccc(-c2cc(C#N)nn2-c2ccncc2)cc1.Cl. The van der Waals surface area contributed by atoms with Crippen molar-refractivity contribution in [3.8, 4) is 23.0 Å². The van der Waals surface area contributed by atoms with Gasteiger partial charge in [0, 0.05) is 28.9 Å². The number of pyridine rings is 1. The van der Waals surface area contributed by atoms with Crippen molar-refractivity contribution in [2.24, 2.45) is 0 Å². The molecule has 110 valence electrons. The van der Waals surface area contributed by atoms with Crippen LogP contribution < -0.4 is 0 Å². The lowest BCUT2D eigenvalue weighted by Crippen LogP contribution is -1.99. The van der Waals surface area contributed by atoms with Crippen LogP contribution in [0, 0.1) is 11.3 Å². The zero-order chi connectivity index (χ0) is 14.7. The highest BCUT2D eigenvalue weighted by Crippen LogP contribution is 2.26. The van der Waals surface area contributed by atoms with E-state index in [0.717, 1.165) is 16.9 Å². The van der Waals surface area contributed by atoms with E-state index in [4.69, 9.17) is 5.26 Å². The molecule has 4 nitrogen and oxygen atoms in total. The summed E-state index contributed by atoms with van der Waals surface area (Å²) in [7, 11) is 0. The smallest absolute Gasteiger partial charge is 0.163 e. The van der Waals surface area contributed by atoms with Crippen LogP contribution in [0.4, 0.5) is 0 Å². The molecule has 22 heavy (non-hydrogen) atoms. The van der Waals surface area contributed by atoms with Gasteiger partial charge < -0.3 is 0 Å². The highest BCUT2D eigenvalue weighted by atomic mass is 35.5. The van der Waals surface area contributed by atoms with Crippen molar-refractivity contribution in [2.75, 3.05) is 6.26 Å². The van der Waals surface area contributed by atoms with Crippen LogP contribution in [-0.4, -0.2) is 21.0 Å². The first-order valence-electron chi connectivity index (χ1n) is 6.37. The summed E-state index contributed by atoms with van der Waals surface area (Å²) in [5.74, 6) is 0. The Hall–Kier alpha value is -2.29. The summed E-state index contributed by atoms with van der Waals surface area (Å²) in [5, 5.41) is 13.5. The van der Waals surface area contributed by atoms with Crippen molar-refractivity contribution in [1.82, 2.24) is 14.8 Å². The normalized spacial score (nSPS) is 9.82. The molecule has 3 rings (SSSR count). The molecule has 0 atom stereocenters. The Morgan fingerprint density at radius 2 is 1.77 bits per heavy atom. The standard InChI is InChI=1S/C16H12N4S.ClH/c1-21-15-4-2-12(3-5-15)16-10-13(11-17)19-20(16)14-6-8-18-9-7-14;/h2-10H,1H3;1H. The molecule has 0 spiro atoms. The quantitative estimate of drug-likeness (QED) is 0.683. The Kier molecular flexibility index (Phi) is 5.21. The van der Waals surface area contributed by atoms with Gasteiger partial charge in [-0.1, -0.05) is 12.1 Å². The maximum atomic E-state index is 9.11. The Labute approximate surface area is 139 Å². The second-order valence-corrected chi connectivity index (χ2v) is 5.25. The highest BCUT2D eigenvalue weighted by Gasteiger charge is 2.11. The van der Waals surface area contributed by atoms with Crippen LogP contribution in [0.5, 0.6) is 0 Å². The van der Waals surface area contributed by atoms with Crippen LogP contribution in [0.15, 0.2) is 59.8 Å². The van der Waals surface area contributed by atoms with E-state index in [9.17, 15) is 0 Å². The van der Waals surface area contributed by atoms with Crippen molar-refractivity contribution < 1.29 is 0 Å². The number of hydrogen-bond donors (Lipinski definition) is 0. The van der Waals surface area contributed by atoms with Crippen LogP contribution in [-0.2, 0) is 0 Å². The number of nitriles is 1. The molecule has 0 bridgehead atoms. The lowest BCUT2D eigenvalue weighted by molar-refractivity contribution is 0.877. The van der Waals surface area contributed by atoms with Crippen LogP contribution in [0.3, 0.4) is 0 Å². The van der Waals surface area contributed by atoms with E-state index in [1.54, 1.807) is 34.9 Å². The van der Waals surface area contributed by atoms with Crippen molar-refractivity contribution in [1.29, 1.82) is 5.26 Å². The molecule has 2 heterocycles. The minimum absolute atomic E-state index is 0. The molecule has 0 radical (unpaired) electrons. The zero-order valence-electron chi connectivity index (χ0n) is 11.8. The number of hydrogen-bond acceptors (Lipinski definition) is 4. The van der Waals surface area contributed by atoms with Crippen LogP contribution in [0.25, 0.3) is 16.9 Å². The summed E-state index contributed by atoms with van der Waals surface area (Å²) < 4.78 is 1.77. The largest absolute Gasteiger partial charge is 0.265 e. The molecule has 0 saturated heterocycles. The summed E-state index contributed by atoms with van der Waals surface area (Å²) in [6.07, 6.45) is 5.47. The lowest BCUT2D eigenvalue weighted by atomic mass is 10.1. The molecule has 0 amide bonds. The van der Waals surface area contributed by atoms with Crippen molar-refractivity contribution in [3.05, 3.63) is 60.6 Å². The maximum absolute atomic E-state index is 9.11. The molecule has 0 saturated carbocycles. The van der Waals surface area contributed by atoms with Gasteiger partial charge in [-0.25, -0.2) is 4.68 Å². The van der Waals surface area contributed by atoms with E-state index in [2.05, 4.69) is 28.3 Å². The summed E-state index contributed by atoms with van der Waals surface area (Å²) in [5.41, 5.74) is 3.20. The van der Waals surface area contributed by atoms with E-state index >= 15 is 0 Å². The molecule has 0 unspecified atom stereocenters. The van der Waals surface area contributed by atoms with Crippen molar-refractivity contribution in [2.45, 2.75) is 4.90 Å². The fraction of sp³-hybridized carbons (Fsp3) is 0.0625. The van der Waals surface area contributed by atoms with Gasteiger partial charge in [-0.15, -0.1) is 24.2 Å². The van der Waals surface area contributed by atoms with Crippen LogP contribution in [0.2, 0.25) is 0 Å². The third-order valence-corrected chi connectivity index (χ3v) is 3.86. The Morgan fingerprint density at radius 3 is 2.36 bits per heavy atom. The topological polar surface area (TPSA) is 54.5 Å². The van der Waals surface area contributed by atoms with Crippen LogP contribution >= 0.6 is 24.2 Å². The van der Waals surface area contributed by atoms with E-state index in [1.807, 2.05) is 30.5 Å². The van der Waals surface area contributed by atoms with Crippen molar-refractivity contribution in [3.63, 3.8) is 0 Å². The monoisotopic (exact) mass is 328 g/mol. The number of benzene rings is 1. The predicted octanol–water partition coefficient (Wildman–Crippen LogP) is 3.95. The molecular weight excluding hydrogens is 316 g/mol. The molecule has 0 fully saturated rings. The fourth-order valence-electron chi connectivity index (χ4n) is 2.09. The van der Waals surface area contributed by atoms with Gasteiger partial charge in [0.15, 0.2) is 5.69 Å². The molecule has 3 aromatic rings. The second kappa shape index (κ2) is 7.12. The summed E-state index contributed by atoms with van der Waals surface area (Å²) in [6, 6.07) is 15.9. The Bertz CT molecular complexity index is 791. The molecule has 0 aliphatic rings. The van der Waals surface area contributed by atoms with E-state index in [1.165, 1.54) is 4.90 Å². The third-order valence-electron chi connectivity index (χ3n) is 3.12. The average molecular weight is 329 g/mol. The van der Waals surface area contributed by atoms with Gasteiger partial charge in [0.25, 0.3) is 0 Å². The molecule has 0 aliphatic heterocycles. The summed E-state index contributed by atoms with van der Waals surface area (Å²) >= 11 is 1.70. The lowest BCUT2D eigenvalue weighted by Gasteiger charge is -2.07. The number of rotatable bonds is 3. The van der Waals surface area contributed by atoms with Crippen molar-refractivity contribution >= 4 is 24.2 Å². The van der Waals surface area contributed by atoms with Gasteiger partial charge in [-0.05, 0) is 30.5 Å². The van der Waals surface area contributed by atoms with Gasteiger partial charge in [-0.3, -0.25) is 4.98 Å². The predicted molar refractivity (Wildman–Crippen MR) is 90.5 cm³/mol. The first kappa shape index (κ1) is 16.1. The Morgan fingerprint density at radius 1 is 1.09 bits per heavy atom. The molecular formula is C16H13ClN4S. The first-order chi connectivity index (χ1) is 10.3. The maximum Gasteiger partial charge on any atom is 0.163 e. The van der Waals surface area contributed by atoms with Gasteiger partial charge in [0.05, 0.1) is 11.4 Å². The number of thioether (sulfide) groups is 1. The van der Waals surface area contributed by atoms with Gasteiger partial charge in [0.1, 0.15) is 6.07 Å². The van der Waals surface area contributed by atoms with E-state index in [0.29, 0.717) is 5.69 Å². The Balaban J connectivity index is 0.00000176. The van der Waals surface area contributed by atoms with Gasteiger partial charge >= 0.3 is 0 Å². The summed E-state index contributed by atoms with van der Waals surface area (Å²) in [4.78, 5) is 5.22. The third kappa shape index (κ3) is 3.14. The fourth-order valence-corrected chi connectivity index (χ4v) is 2.49. The summed E-state index contributed by atoms with van der Waals surface area (Å²) in [6.45, 7) is 0. The van der Waals surface area contributed by atoms with E-state index < -0.39 is 0 Å².